The summed E-state index contributed by atoms with van der Waals surface area (Å²) in [6.07, 6.45) is -2.89. The Labute approximate surface area is 225 Å². The number of carbonyl (C=O) groups is 1. The van der Waals surface area contributed by atoms with Crippen LogP contribution in [0, 0.1) is 6.92 Å². The summed E-state index contributed by atoms with van der Waals surface area (Å²) in [5.74, 6) is 0.501. The molecule has 0 bridgehead atoms. The molecule has 1 aromatic carbocycles. The third kappa shape index (κ3) is 5.49. The second-order valence-electron chi connectivity index (χ2n) is 9.30. The van der Waals surface area contributed by atoms with Crippen molar-refractivity contribution >= 4 is 17.6 Å². The molecular weight excluding hydrogens is 537 g/mol. The smallest absolute Gasteiger partial charge is 0.417 e. The molecule has 1 saturated heterocycles. The highest BCUT2D eigenvalue weighted by atomic mass is 19.4. The predicted molar refractivity (Wildman–Crippen MR) is 136 cm³/mol. The fourth-order valence-corrected chi connectivity index (χ4v) is 4.83. The van der Waals surface area contributed by atoms with Crippen LogP contribution in [0.15, 0.2) is 54.9 Å². The van der Waals surface area contributed by atoms with Gasteiger partial charge in [0.05, 0.1) is 11.3 Å². The molecule has 210 valence electrons. The van der Waals surface area contributed by atoms with E-state index in [1.54, 1.807) is 31.2 Å². The van der Waals surface area contributed by atoms with Crippen LogP contribution in [-0.2, 0) is 12.6 Å². The zero-order valence-electron chi connectivity index (χ0n) is 21.2. The molecule has 13 heteroatoms. The van der Waals surface area contributed by atoms with Crippen LogP contribution >= 0.6 is 0 Å². The molecule has 0 spiro atoms. The SMILES string of the molecule is Cc1nc2cc(C(F)(F)F)c(-c3ccc(N4CCN(C(=O)O)CC4)nc3)cn2c1Cc1ccccc1OC(F)F. The van der Waals surface area contributed by atoms with E-state index in [1.807, 2.05) is 4.90 Å². The zero-order chi connectivity index (χ0) is 28.6. The zero-order valence-corrected chi connectivity index (χ0v) is 21.2. The first kappa shape index (κ1) is 27.2. The summed E-state index contributed by atoms with van der Waals surface area (Å²) in [6.45, 7) is 0.0253. The van der Waals surface area contributed by atoms with Gasteiger partial charge in [0.2, 0.25) is 0 Å². The number of ether oxygens (including phenoxy) is 1. The standard InChI is InChI=1S/C27H24F5N5O3/c1-16-21(12-17-4-2-3-5-22(17)40-25(28)29)37-15-19(20(27(30,31)32)13-24(37)34-16)18-6-7-23(33-14-18)35-8-10-36(11-9-35)26(38)39/h2-7,13-15,25H,8-12H2,1H3,(H,38,39). The van der Waals surface area contributed by atoms with Crippen LogP contribution in [0.5, 0.6) is 5.75 Å². The highest BCUT2D eigenvalue weighted by Crippen LogP contribution is 2.39. The van der Waals surface area contributed by atoms with Crippen molar-refractivity contribution in [3.8, 4) is 16.9 Å². The fourth-order valence-electron chi connectivity index (χ4n) is 4.83. The van der Waals surface area contributed by atoms with E-state index in [4.69, 9.17) is 5.11 Å². The first-order chi connectivity index (χ1) is 19.0. The molecule has 0 aliphatic carbocycles. The van der Waals surface area contributed by atoms with Crippen molar-refractivity contribution in [2.24, 2.45) is 0 Å². The number of aromatic nitrogens is 3. The average Bonchev–Trinajstić information content (AvgIpc) is 3.22. The molecule has 40 heavy (non-hydrogen) atoms. The molecule has 5 rings (SSSR count). The molecule has 1 aliphatic heterocycles. The van der Waals surface area contributed by atoms with E-state index < -0.39 is 24.4 Å². The van der Waals surface area contributed by atoms with Crippen LogP contribution in [-0.4, -0.2) is 63.3 Å². The van der Waals surface area contributed by atoms with Crippen LogP contribution in [0.25, 0.3) is 16.8 Å². The number of benzene rings is 1. The van der Waals surface area contributed by atoms with Gasteiger partial charge in [-0.3, -0.25) is 0 Å². The number of nitrogens with zero attached hydrogens (tertiary/aromatic N) is 5. The van der Waals surface area contributed by atoms with Gasteiger partial charge < -0.3 is 24.0 Å². The minimum absolute atomic E-state index is 0.0250. The molecule has 1 N–H and O–H groups in total. The van der Waals surface area contributed by atoms with Gasteiger partial charge in [-0.1, -0.05) is 18.2 Å². The number of imidazole rings is 1. The third-order valence-electron chi connectivity index (χ3n) is 6.84. The van der Waals surface area contributed by atoms with Gasteiger partial charge in [0.1, 0.15) is 17.2 Å². The Hall–Kier alpha value is -4.42. The Bertz CT molecular complexity index is 1530. The van der Waals surface area contributed by atoms with E-state index in [1.165, 1.54) is 33.8 Å². The minimum Gasteiger partial charge on any atom is -0.465 e. The molecule has 4 heterocycles. The van der Waals surface area contributed by atoms with Crippen LogP contribution in [0.2, 0.25) is 0 Å². The van der Waals surface area contributed by atoms with Crippen LogP contribution in [0.1, 0.15) is 22.5 Å². The third-order valence-corrected chi connectivity index (χ3v) is 6.84. The van der Waals surface area contributed by atoms with Crippen LogP contribution in [0.4, 0.5) is 32.6 Å². The number of para-hydroxylation sites is 1. The predicted octanol–water partition coefficient (Wildman–Crippen LogP) is 5.72. The second kappa shape index (κ2) is 10.6. The number of amides is 1. The lowest BCUT2D eigenvalue weighted by atomic mass is 10.0. The summed E-state index contributed by atoms with van der Waals surface area (Å²) in [7, 11) is 0. The summed E-state index contributed by atoms with van der Waals surface area (Å²) in [5.41, 5.74) is 0.691. The van der Waals surface area contributed by atoms with Crippen molar-refractivity contribution in [2.45, 2.75) is 26.1 Å². The number of pyridine rings is 2. The van der Waals surface area contributed by atoms with Crippen molar-refractivity contribution in [3.05, 3.63) is 77.4 Å². The van der Waals surface area contributed by atoms with Crippen molar-refractivity contribution < 1.29 is 36.6 Å². The van der Waals surface area contributed by atoms with Crippen molar-refractivity contribution in [1.29, 1.82) is 0 Å². The molecule has 0 unspecified atom stereocenters. The van der Waals surface area contributed by atoms with Gasteiger partial charge in [0, 0.05) is 67.4 Å². The Morgan fingerprint density at radius 2 is 1.82 bits per heavy atom. The largest absolute Gasteiger partial charge is 0.465 e. The maximum absolute atomic E-state index is 14.2. The van der Waals surface area contributed by atoms with Crippen molar-refractivity contribution in [3.63, 3.8) is 0 Å². The lowest BCUT2D eigenvalue weighted by Gasteiger charge is -2.33. The fraction of sp³-hybridized carbons (Fsp3) is 0.296. The number of hydrogen-bond donors (Lipinski definition) is 1. The number of halogens is 5. The van der Waals surface area contributed by atoms with Gasteiger partial charge in [-0.15, -0.1) is 0 Å². The Balaban J connectivity index is 1.52. The molecule has 4 aromatic rings. The quantitative estimate of drug-likeness (QED) is 0.304. The molecule has 1 amide bonds. The second-order valence-corrected chi connectivity index (χ2v) is 9.30. The van der Waals surface area contributed by atoms with Gasteiger partial charge >= 0.3 is 18.9 Å². The summed E-state index contributed by atoms with van der Waals surface area (Å²) in [4.78, 5) is 23.0. The minimum atomic E-state index is -4.68. The summed E-state index contributed by atoms with van der Waals surface area (Å²) in [6, 6.07) is 10.3. The maximum atomic E-state index is 14.2. The first-order valence-corrected chi connectivity index (χ1v) is 12.3. The van der Waals surface area contributed by atoms with Gasteiger partial charge in [-0.05, 0) is 31.2 Å². The van der Waals surface area contributed by atoms with E-state index in [0.717, 1.165) is 6.07 Å². The topological polar surface area (TPSA) is 83.2 Å². The summed E-state index contributed by atoms with van der Waals surface area (Å²) >= 11 is 0. The van der Waals surface area contributed by atoms with E-state index in [2.05, 4.69) is 14.7 Å². The molecule has 0 saturated carbocycles. The summed E-state index contributed by atoms with van der Waals surface area (Å²) < 4.78 is 74.5. The lowest BCUT2D eigenvalue weighted by Crippen LogP contribution is -2.48. The number of anilines is 1. The Morgan fingerprint density at radius 3 is 2.45 bits per heavy atom. The maximum Gasteiger partial charge on any atom is 0.417 e. The summed E-state index contributed by atoms with van der Waals surface area (Å²) in [5, 5.41) is 9.13. The number of rotatable bonds is 6. The molecule has 1 aliphatic rings. The van der Waals surface area contributed by atoms with Crippen LogP contribution < -0.4 is 9.64 Å². The molecule has 8 nitrogen and oxygen atoms in total. The number of hydrogen-bond acceptors (Lipinski definition) is 5. The molecule has 0 atom stereocenters. The monoisotopic (exact) mass is 561 g/mol. The molecule has 0 radical (unpaired) electrons. The highest BCUT2D eigenvalue weighted by Gasteiger charge is 2.35. The van der Waals surface area contributed by atoms with E-state index in [0.29, 0.717) is 48.9 Å². The number of aryl methyl sites for hydroxylation is 1. The number of fused-ring (bicyclic) bond motifs is 1. The Morgan fingerprint density at radius 1 is 1.10 bits per heavy atom. The van der Waals surface area contributed by atoms with E-state index >= 15 is 0 Å². The highest BCUT2D eigenvalue weighted by molar-refractivity contribution is 5.71. The first-order valence-electron chi connectivity index (χ1n) is 12.3. The van der Waals surface area contributed by atoms with Gasteiger partial charge in [0.25, 0.3) is 0 Å². The average molecular weight is 562 g/mol. The van der Waals surface area contributed by atoms with Gasteiger partial charge in [0.15, 0.2) is 0 Å². The van der Waals surface area contributed by atoms with Crippen molar-refractivity contribution in [2.75, 3.05) is 31.1 Å². The lowest BCUT2D eigenvalue weighted by molar-refractivity contribution is -0.137. The number of carboxylic acid groups (broad SMARTS) is 1. The number of piperazine rings is 1. The Kier molecular flexibility index (Phi) is 7.21. The van der Waals surface area contributed by atoms with E-state index in [-0.39, 0.29) is 28.9 Å². The number of alkyl halides is 5. The molecular formula is C27H24F5N5O3. The molecule has 3 aromatic heterocycles. The van der Waals surface area contributed by atoms with Gasteiger partial charge in [-0.2, -0.15) is 22.0 Å². The van der Waals surface area contributed by atoms with Crippen LogP contribution in [0.3, 0.4) is 0 Å². The van der Waals surface area contributed by atoms with Crippen molar-refractivity contribution in [1.82, 2.24) is 19.3 Å². The van der Waals surface area contributed by atoms with E-state index in [9.17, 15) is 26.7 Å². The molecule has 1 fully saturated rings. The van der Waals surface area contributed by atoms with Gasteiger partial charge in [-0.25, -0.2) is 14.8 Å². The normalized spacial score (nSPS) is 14.3.